The zero-order valence-corrected chi connectivity index (χ0v) is 15.0. The number of hydrogen-bond acceptors (Lipinski definition) is 7. The van der Waals surface area contributed by atoms with Gasteiger partial charge in [-0.2, -0.15) is 0 Å². The normalized spacial score (nSPS) is 24.1. The molecule has 0 aliphatic carbocycles. The minimum Gasteiger partial charge on any atom is -0.374 e. The lowest BCUT2D eigenvalue weighted by Gasteiger charge is -2.36. The predicted octanol–water partition coefficient (Wildman–Crippen LogP) is 1.50. The Kier molecular flexibility index (Phi) is 4.63. The van der Waals surface area contributed by atoms with Crippen molar-refractivity contribution in [3.05, 3.63) is 35.1 Å². The highest BCUT2D eigenvalue weighted by atomic mass is 32.1. The molecule has 0 radical (unpaired) electrons. The highest BCUT2D eigenvalue weighted by molar-refractivity contribution is 7.15. The quantitative estimate of drug-likeness (QED) is 0.827. The number of amides is 1. The Bertz CT molecular complexity index is 738. The van der Waals surface area contributed by atoms with Gasteiger partial charge in [-0.05, 0) is 31.0 Å². The molecule has 2 aromatic heterocycles. The van der Waals surface area contributed by atoms with Gasteiger partial charge in [0.15, 0.2) is 0 Å². The Morgan fingerprint density at radius 2 is 2.12 bits per heavy atom. The van der Waals surface area contributed by atoms with Crippen LogP contribution >= 0.6 is 11.3 Å². The number of anilines is 1. The lowest BCUT2D eigenvalue weighted by atomic mass is 9.92. The van der Waals surface area contributed by atoms with E-state index in [0.29, 0.717) is 26.2 Å². The number of carbonyl (C=O) groups is 1. The second-order valence-electron chi connectivity index (χ2n) is 6.47. The zero-order chi connectivity index (χ0) is 17.2. The van der Waals surface area contributed by atoms with Gasteiger partial charge in [0.1, 0.15) is 5.01 Å². The third-order valence-electron chi connectivity index (χ3n) is 4.79. The van der Waals surface area contributed by atoms with Gasteiger partial charge in [0, 0.05) is 38.6 Å². The number of piperidine rings is 1. The van der Waals surface area contributed by atoms with E-state index in [-0.39, 0.29) is 17.9 Å². The Labute approximate surface area is 150 Å². The molecule has 2 saturated heterocycles. The van der Waals surface area contributed by atoms with E-state index < -0.39 is 0 Å². The van der Waals surface area contributed by atoms with E-state index in [4.69, 9.17) is 4.74 Å². The van der Waals surface area contributed by atoms with Crippen LogP contribution in [0.3, 0.4) is 0 Å². The molecule has 0 unspecified atom stereocenters. The van der Waals surface area contributed by atoms with Crippen molar-refractivity contribution in [3.8, 4) is 0 Å². The first-order valence-corrected chi connectivity index (χ1v) is 9.37. The number of pyridine rings is 1. The number of aryl methyl sites for hydroxylation is 1. The SMILES string of the molecule is Cc1nnc(N2CC[C@H]3C(=O)N(Cc4ccncc4)CCO[C@H]3C2)s1. The van der Waals surface area contributed by atoms with E-state index in [1.165, 1.54) is 0 Å². The summed E-state index contributed by atoms with van der Waals surface area (Å²) in [6.45, 7) is 5.29. The summed E-state index contributed by atoms with van der Waals surface area (Å²) >= 11 is 1.59. The Hall–Kier alpha value is -2.06. The van der Waals surface area contributed by atoms with Crippen LogP contribution in [0.25, 0.3) is 0 Å². The molecule has 7 nitrogen and oxygen atoms in total. The number of carbonyl (C=O) groups excluding carboxylic acids is 1. The summed E-state index contributed by atoms with van der Waals surface area (Å²) in [5.74, 6) is 0.127. The molecule has 132 valence electrons. The standard InChI is InChI=1S/C17H21N5O2S/c1-12-19-20-17(25-12)22-7-4-14-15(11-22)24-9-8-21(16(14)23)10-13-2-5-18-6-3-13/h2-3,5-6,14-15H,4,7-11H2,1H3/t14-,15+/m1/s1. The Balaban J connectivity index is 1.45. The van der Waals surface area contributed by atoms with Crippen molar-refractivity contribution in [2.24, 2.45) is 5.92 Å². The van der Waals surface area contributed by atoms with Gasteiger partial charge in [0.05, 0.1) is 18.6 Å². The fourth-order valence-electron chi connectivity index (χ4n) is 3.48. The van der Waals surface area contributed by atoms with Gasteiger partial charge in [-0.25, -0.2) is 0 Å². The molecule has 4 rings (SSSR count). The first kappa shape index (κ1) is 16.4. The molecule has 1 amide bonds. The summed E-state index contributed by atoms with van der Waals surface area (Å²) in [5, 5.41) is 10.2. The van der Waals surface area contributed by atoms with Crippen molar-refractivity contribution < 1.29 is 9.53 Å². The second kappa shape index (κ2) is 7.05. The minimum atomic E-state index is -0.0760. The van der Waals surface area contributed by atoms with Gasteiger partial charge in [-0.3, -0.25) is 9.78 Å². The highest BCUT2D eigenvalue weighted by Crippen LogP contribution is 2.30. The monoisotopic (exact) mass is 359 g/mol. The molecule has 8 heteroatoms. The number of fused-ring (bicyclic) bond motifs is 1. The van der Waals surface area contributed by atoms with Crippen LogP contribution in [0.1, 0.15) is 17.0 Å². The van der Waals surface area contributed by atoms with Crippen LogP contribution in [-0.2, 0) is 16.1 Å². The molecule has 2 aliphatic rings. The molecule has 25 heavy (non-hydrogen) atoms. The largest absolute Gasteiger partial charge is 0.374 e. The maximum Gasteiger partial charge on any atom is 0.228 e. The lowest BCUT2D eigenvalue weighted by Crippen LogP contribution is -2.49. The molecule has 0 spiro atoms. The number of hydrogen-bond donors (Lipinski definition) is 0. The van der Waals surface area contributed by atoms with Crippen LogP contribution < -0.4 is 4.90 Å². The van der Waals surface area contributed by atoms with Crippen LogP contribution in [0.2, 0.25) is 0 Å². The van der Waals surface area contributed by atoms with Crippen LogP contribution in [0, 0.1) is 12.8 Å². The predicted molar refractivity (Wildman–Crippen MR) is 94.4 cm³/mol. The van der Waals surface area contributed by atoms with Gasteiger partial charge in [-0.15, -0.1) is 10.2 Å². The summed E-state index contributed by atoms with van der Waals surface area (Å²) < 4.78 is 6.04. The van der Waals surface area contributed by atoms with Crippen LogP contribution in [-0.4, -0.2) is 58.3 Å². The maximum atomic E-state index is 13.0. The fourth-order valence-corrected chi connectivity index (χ4v) is 4.20. The summed E-state index contributed by atoms with van der Waals surface area (Å²) in [7, 11) is 0. The van der Waals surface area contributed by atoms with Crippen molar-refractivity contribution >= 4 is 22.4 Å². The van der Waals surface area contributed by atoms with Crippen molar-refractivity contribution in [1.29, 1.82) is 0 Å². The summed E-state index contributed by atoms with van der Waals surface area (Å²) in [6, 6.07) is 3.91. The average Bonchev–Trinajstić information content (AvgIpc) is 3.01. The molecular formula is C17H21N5O2S. The number of aromatic nitrogens is 3. The van der Waals surface area contributed by atoms with Crippen molar-refractivity contribution in [2.75, 3.05) is 31.1 Å². The van der Waals surface area contributed by atoms with E-state index in [0.717, 1.165) is 28.7 Å². The third kappa shape index (κ3) is 3.50. The molecule has 2 aromatic rings. The van der Waals surface area contributed by atoms with E-state index >= 15 is 0 Å². The summed E-state index contributed by atoms with van der Waals surface area (Å²) in [4.78, 5) is 21.2. The number of nitrogens with zero attached hydrogens (tertiary/aromatic N) is 5. The highest BCUT2D eigenvalue weighted by Gasteiger charge is 2.39. The molecule has 4 heterocycles. The third-order valence-corrected chi connectivity index (χ3v) is 5.69. The van der Waals surface area contributed by atoms with E-state index in [1.807, 2.05) is 24.0 Å². The Morgan fingerprint density at radius 3 is 2.88 bits per heavy atom. The number of ether oxygens (including phenoxy) is 1. The topological polar surface area (TPSA) is 71.5 Å². The summed E-state index contributed by atoms with van der Waals surface area (Å²) in [5.41, 5.74) is 1.10. The van der Waals surface area contributed by atoms with E-state index in [2.05, 4.69) is 20.1 Å². The van der Waals surface area contributed by atoms with Gasteiger partial charge in [-0.1, -0.05) is 11.3 Å². The van der Waals surface area contributed by atoms with Gasteiger partial charge < -0.3 is 14.5 Å². The minimum absolute atomic E-state index is 0.0744. The molecular weight excluding hydrogens is 338 g/mol. The molecule has 0 N–H and O–H groups in total. The Morgan fingerprint density at radius 1 is 1.28 bits per heavy atom. The first-order valence-electron chi connectivity index (χ1n) is 8.55. The van der Waals surface area contributed by atoms with Crippen LogP contribution in [0.4, 0.5) is 5.13 Å². The first-order chi connectivity index (χ1) is 12.2. The lowest BCUT2D eigenvalue weighted by molar-refractivity contribution is -0.137. The molecule has 2 atom stereocenters. The molecule has 0 bridgehead atoms. The molecule has 2 fully saturated rings. The average molecular weight is 359 g/mol. The van der Waals surface area contributed by atoms with Gasteiger partial charge >= 0.3 is 0 Å². The zero-order valence-electron chi connectivity index (χ0n) is 14.2. The molecule has 0 aromatic carbocycles. The van der Waals surface area contributed by atoms with Crippen LogP contribution in [0.5, 0.6) is 0 Å². The van der Waals surface area contributed by atoms with Crippen molar-refractivity contribution in [3.63, 3.8) is 0 Å². The van der Waals surface area contributed by atoms with E-state index in [9.17, 15) is 4.79 Å². The fraction of sp³-hybridized carbons (Fsp3) is 0.529. The van der Waals surface area contributed by atoms with Crippen molar-refractivity contribution in [1.82, 2.24) is 20.1 Å². The van der Waals surface area contributed by atoms with Crippen LogP contribution in [0.15, 0.2) is 24.5 Å². The van der Waals surface area contributed by atoms with E-state index in [1.54, 1.807) is 23.7 Å². The number of rotatable bonds is 3. The maximum absolute atomic E-state index is 13.0. The van der Waals surface area contributed by atoms with Gasteiger partial charge in [0.25, 0.3) is 0 Å². The molecule has 2 aliphatic heterocycles. The van der Waals surface area contributed by atoms with Gasteiger partial charge in [0.2, 0.25) is 11.0 Å². The smallest absolute Gasteiger partial charge is 0.228 e. The second-order valence-corrected chi connectivity index (χ2v) is 7.63. The van der Waals surface area contributed by atoms with Crippen molar-refractivity contribution in [2.45, 2.75) is 26.0 Å². The summed E-state index contributed by atoms with van der Waals surface area (Å²) in [6.07, 6.45) is 4.24. The molecule has 0 saturated carbocycles.